The standard InChI is InChI=1S/C13H20N2O5/c1-4-13(2,16)8-20-12-6-10(15(17)18)9(7-14)5-11(12)19-3/h5-6,16H,4,7-8,14H2,1-3H3. The largest absolute Gasteiger partial charge is 0.493 e. The Balaban J connectivity index is 3.11. The van der Waals surface area contributed by atoms with Crippen LogP contribution in [0, 0.1) is 10.1 Å². The first-order valence-electron chi connectivity index (χ1n) is 6.25. The Hall–Kier alpha value is -1.86. The maximum atomic E-state index is 11.0. The number of aliphatic hydroxyl groups is 1. The summed E-state index contributed by atoms with van der Waals surface area (Å²) < 4.78 is 10.6. The minimum Gasteiger partial charge on any atom is -0.493 e. The van der Waals surface area contributed by atoms with E-state index in [0.29, 0.717) is 17.7 Å². The predicted octanol–water partition coefficient (Wildman–Crippen LogP) is 1.60. The van der Waals surface area contributed by atoms with Crippen LogP contribution in [0.1, 0.15) is 25.8 Å². The van der Waals surface area contributed by atoms with E-state index in [1.165, 1.54) is 19.2 Å². The molecule has 20 heavy (non-hydrogen) atoms. The number of nitro benzene ring substituents is 1. The van der Waals surface area contributed by atoms with E-state index in [9.17, 15) is 15.2 Å². The highest BCUT2D eigenvalue weighted by molar-refractivity contribution is 5.54. The van der Waals surface area contributed by atoms with Crippen LogP contribution in [-0.2, 0) is 6.54 Å². The van der Waals surface area contributed by atoms with Crippen LogP contribution < -0.4 is 15.2 Å². The second kappa shape index (κ2) is 6.53. The van der Waals surface area contributed by atoms with Crippen molar-refractivity contribution in [3.63, 3.8) is 0 Å². The Labute approximate surface area is 117 Å². The van der Waals surface area contributed by atoms with E-state index in [4.69, 9.17) is 15.2 Å². The summed E-state index contributed by atoms with van der Waals surface area (Å²) in [6.07, 6.45) is 0.498. The van der Waals surface area contributed by atoms with Crippen molar-refractivity contribution in [2.45, 2.75) is 32.4 Å². The topological polar surface area (TPSA) is 108 Å². The SMILES string of the molecule is CCC(C)(O)COc1cc([N+](=O)[O-])c(CN)cc1OC. The summed E-state index contributed by atoms with van der Waals surface area (Å²) >= 11 is 0. The molecule has 7 nitrogen and oxygen atoms in total. The molecule has 0 saturated carbocycles. The van der Waals surface area contributed by atoms with E-state index in [0.717, 1.165) is 0 Å². The Morgan fingerprint density at radius 2 is 2.10 bits per heavy atom. The molecule has 0 amide bonds. The summed E-state index contributed by atoms with van der Waals surface area (Å²) in [5.41, 5.74) is 4.72. The van der Waals surface area contributed by atoms with Crippen LogP contribution in [-0.4, -0.2) is 29.3 Å². The summed E-state index contributed by atoms with van der Waals surface area (Å²) in [6, 6.07) is 2.75. The molecule has 1 unspecified atom stereocenters. The summed E-state index contributed by atoms with van der Waals surface area (Å²) in [4.78, 5) is 10.5. The lowest BCUT2D eigenvalue weighted by atomic mass is 10.1. The van der Waals surface area contributed by atoms with Crippen LogP contribution >= 0.6 is 0 Å². The first kappa shape index (κ1) is 16.2. The van der Waals surface area contributed by atoms with Gasteiger partial charge in [0.15, 0.2) is 11.5 Å². The molecule has 0 saturated heterocycles. The first-order chi connectivity index (χ1) is 9.34. The van der Waals surface area contributed by atoms with E-state index in [1.54, 1.807) is 6.92 Å². The summed E-state index contributed by atoms with van der Waals surface area (Å²) in [6.45, 7) is 3.49. The van der Waals surface area contributed by atoms with Gasteiger partial charge in [0.1, 0.15) is 6.61 Å². The van der Waals surface area contributed by atoms with Gasteiger partial charge >= 0.3 is 0 Å². The van der Waals surface area contributed by atoms with Crippen LogP contribution in [0.15, 0.2) is 12.1 Å². The zero-order valence-electron chi connectivity index (χ0n) is 11.9. The highest BCUT2D eigenvalue weighted by Gasteiger charge is 2.22. The molecular formula is C13H20N2O5. The monoisotopic (exact) mass is 284 g/mol. The van der Waals surface area contributed by atoms with Crippen molar-refractivity contribution in [1.29, 1.82) is 0 Å². The van der Waals surface area contributed by atoms with E-state index in [2.05, 4.69) is 0 Å². The molecule has 0 aliphatic rings. The second-order valence-electron chi connectivity index (χ2n) is 4.73. The van der Waals surface area contributed by atoms with Gasteiger partial charge in [0.05, 0.1) is 23.7 Å². The van der Waals surface area contributed by atoms with Gasteiger partial charge in [-0.3, -0.25) is 10.1 Å². The minimum absolute atomic E-state index is 0.0129. The van der Waals surface area contributed by atoms with Crippen LogP contribution in [0.5, 0.6) is 11.5 Å². The second-order valence-corrected chi connectivity index (χ2v) is 4.73. The van der Waals surface area contributed by atoms with Gasteiger partial charge in [0.2, 0.25) is 0 Å². The van der Waals surface area contributed by atoms with Crippen LogP contribution in [0.4, 0.5) is 5.69 Å². The van der Waals surface area contributed by atoms with Gasteiger partial charge in [-0.15, -0.1) is 0 Å². The fourth-order valence-corrected chi connectivity index (χ4v) is 1.53. The summed E-state index contributed by atoms with van der Waals surface area (Å²) in [5, 5.41) is 20.9. The highest BCUT2D eigenvalue weighted by atomic mass is 16.6. The number of hydrogen-bond donors (Lipinski definition) is 2. The quantitative estimate of drug-likeness (QED) is 0.581. The minimum atomic E-state index is -1.01. The average molecular weight is 284 g/mol. The third-order valence-electron chi connectivity index (χ3n) is 3.08. The molecule has 1 aromatic carbocycles. The number of rotatable bonds is 7. The highest BCUT2D eigenvalue weighted by Crippen LogP contribution is 2.35. The van der Waals surface area contributed by atoms with Gasteiger partial charge < -0.3 is 20.3 Å². The van der Waals surface area contributed by atoms with E-state index in [-0.39, 0.29) is 24.6 Å². The van der Waals surface area contributed by atoms with Crippen molar-refractivity contribution < 1.29 is 19.5 Å². The lowest BCUT2D eigenvalue weighted by Crippen LogP contribution is -2.31. The molecule has 7 heteroatoms. The Morgan fingerprint density at radius 1 is 1.45 bits per heavy atom. The normalized spacial score (nSPS) is 13.7. The van der Waals surface area contributed by atoms with Crippen molar-refractivity contribution in [2.24, 2.45) is 5.73 Å². The van der Waals surface area contributed by atoms with Gasteiger partial charge in [0.25, 0.3) is 5.69 Å². The predicted molar refractivity (Wildman–Crippen MR) is 73.9 cm³/mol. The molecule has 0 heterocycles. The third-order valence-corrected chi connectivity index (χ3v) is 3.08. The maximum Gasteiger partial charge on any atom is 0.277 e. The number of ether oxygens (including phenoxy) is 2. The molecular weight excluding hydrogens is 264 g/mol. The molecule has 0 aromatic heterocycles. The average Bonchev–Trinajstić information content (AvgIpc) is 2.43. The van der Waals surface area contributed by atoms with Gasteiger partial charge in [-0.25, -0.2) is 0 Å². The van der Waals surface area contributed by atoms with Gasteiger partial charge in [-0.05, 0) is 19.4 Å². The smallest absolute Gasteiger partial charge is 0.277 e. The van der Waals surface area contributed by atoms with E-state index in [1.807, 2.05) is 6.92 Å². The Bertz CT molecular complexity index is 488. The first-order valence-corrected chi connectivity index (χ1v) is 6.25. The number of nitrogens with two attached hydrogens (primary N) is 1. The Kier molecular flexibility index (Phi) is 5.29. The third kappa shape index (κ3) is 3.82. The van der Waals surface area contributed by atoms with Gasteiger partial charge in [-0.1, -0.05) is 6.92 Å². The molecule has 0 radical (unpaired) electrons. The van der Waals surface area contributed by atoms with Crippen LogP contribution in [0.3, 0.4) is 0 Å². The lowest BCUT2D eigenvalue weighted by Gasteiger charge is -2.22. The van der Waals surface area contributed by atoms with E-state index < -0.39 is 10.5 Å². The van der Waals surface area contributed by atoms with E-state index >= 15 is 0 Å². The number of methoxy groups -OCH3 is 1. The summed E-state index contributed by atoms with van der Waals surface area (Å²) in [7, 11) is 1.44. The maximum absolute atomic E-state index is 11.0. The number of nitrogens with zero attached hydrogens (tertiary/aromatic N) is 1. The molecule has 1 aromatic rings. The molecule has 0 aliphatic heterocycles. The van der Waals surface area contributed by atoms with Crippen molar-refractivity contribution >= 4 is 5.69 Å². The van der Waals surface area contributed by atoms with Crippen LogP contribution in [0.25, 0.3) is 0 Å². The van der Waals surface area contributed by atoms with Gasteiger partial charge in [0, 0.05) is 12.1 Å². The van der Waals surface area contributed by atoms with Crippen molar-refractivity contribution in [2.75, 3.05) is 13.7 Å². The van der Waals surface area contributed by atoms with Gasteiger partial charge in [-0.2, -0.15) is 0 Å². The number of benzene rings is 1. The molecule has 0 spiro atoms. The molecule has 0 aliphatic carbocycles. The number of hydrogen-bond acceptors (Lipinski definition) is 6. The zero-order valence-corrected chi connectivity index (χ0v) is 11.9. The fourth-order valence-electron chi connectivity index (χ4n) is 1.53. The summed E-state index contributed by atoms with van der Waals surface area (Å²) in [5.74, 6) is 0.563. The molecule has 112 valence electrons. The van der Waals surface area contributed by atoms with Crippen molar-refractivity contribution in [3.8, 4) is 11.5 Å². The lowest BCUT2D eigenvalue weighted by molar-refractivity contribution is -0.385. The molecule has 1 rings (SSSR count). The van der Waals surface area contributed by atoms with Crippen molar-refractivity contribution in [1.82, 2.24) is 0 Å². The molecule has 0 bridgehead atoms. The fraction of sp³-hybridized carbons (Fsp3) is 0.538. The van der Waals surface area contributed by atoms with Crippen molar-refractivity contribution in [3.05, 3.63) is 27.8 Å². The zero-order chi connectivity index (χ0) is 15.3. The molecule has 0 fully saturated rings. The van der Waals surface area contributed by atoms with Crippen LogP contribution in [0.2, 0.25) is 0 Å². The Morgan fingerprint density at radius 3 is 2.55 bits per heavy atom. The molecule has 1 atom stereocenters. The molecule has 3 N–H and O–H groups in total. The number of nitro groups is 1.